The van der Waals surface area contributed by atoms with Crippen LogP contribution in [0.4, 0.5) is 0 Å². The summed E-state index contributed by atoms with van der Waals surface area (Å²) in [5.74, 6) is 1.82. The van der Waals surface area contributed by atoms with E-state index in [1.54, 1.807) is 33.6 Å². The van der Waals surface area contributed by atoms with Gasteiger partial charge in [0.05, 0.1) is 32.4 Å². The molecule has 0 bridgehead atoms. The number of carbonyl (C=O) groups excluding carboxylic acids is 1. The highest BCUT2D eigenvalue weighted by Gasteiger charge is 2.15. The highest BCUT2D eigenvalue weighted by atomic mass is 16.5. The molecule has 0 atom stereocenters. The Bertz CT molecular complexity index is 884. The molecule has 3 aromatic rings. The molecule has 6 nitrogen and oxygen atoms in total. The van der Waals surface area contributed by atoms with Crippen LogP contribution >= 0.6 is 0 Å². The van der Waals surface area contributed by atoms with Crippen LogP contribution < -0.4 is 19.5 Å². The van der Waals surface area contributed by atoms with Crippen LogP contribution in [0.1, 0.15) is 15.9 Å². The van der Waals surface area contributed by atoms with Crippen LogP contribution in [0.3, 0.4) is 0 Å². The van der Waals surface area contributed by atoms with Gasteiger partial charge in [-0.05, 0) is 23.8 Å². The van der Waals surface area contributed by atoms with E-state index < -0.39 is 0 Å². The van der Waals surface area contributed by atoms with Gasteiger partial charge in [-0.1, -0.05) is 12.1 Å². The molecule has 0 saturated carbocycles. The Hall–Kier alpha value is -3.15. The summed E-state index contributed by atoms with van der Waals surface area (Å²) in [5.41, 5.74) is 2.37. The van der Waals surface area contributed by atoms with Gasteiger partial charge in [0.1, 0.15) is 5.75 Å². The first-order valence-electron chi connectivity index (χ1n) is 7.80. The van der Waals surface area contributed by atoms with Crippen LogP contribution in [-0.2, 0) is 6.54 Å². The Morgan fingerprint density at radius 3 is 2.32 bits per heavy atom. The van der Waals surface area contributed by atoms with Gasteiger partial charge >= 0.3 is 0 Å². The Labute approximate surface area is 145 Å². The smallest absolute Gasteiger partial charge is 0.253 e. The predicted octanol–water partition coefficient (Wildman–Crippen LogP) is 3.12. The fourth-order valence-electron chi connectivity index (χ4n) is 2.66. The third kappa shape index (κ3) is 3.38. The van der Waals surface area contributed by atoms with Crippen molar-refractivity contribution < 1.29 is 19.0 Å². The number of nitrogens with one attached hydrogen (secondary N) is 2. The maximum Gasteiger partial charge on any atom is 0.253 e. The molecular weight excluding hydrogens is 320 g/mol. The van der Waals surface area contributed by atoms with E-state index in [0.29, 0.717) is 23.6 Å². The zero-order chi connectivity index (χ0) is 17.8. The minimum atomic E-state index is -0.158. The molecule has 1 amide bonds. The van der Waals surface area contributed by atoms with E-state index in [1.807, 2.05) is 30.3 Å². The standard InChI is InChI=1S/C19H20N2O4/c1-23-13-6-4-12(5-7-13)10-21-19(22)15-11-20-16-9-18(25-3)17(24-2)8-14(15)16/h4-9,11,20H,10H2,1-3H3,(H,21,22). The molecule has 0 saturated heterocycles. The fourth-order valence-corrected chi connectivity index (χ4v) is 2.66. The van der Waals surface area contributed by atoms with Crippen LogP contribution in [0.15, 0.2) is 42.6 Å². The number of aromatic nitrogens is 1. The van der Waals surface area contributed by atoms with Crippen LogP contribution in [0.2, 0.25) is 0 Å². The summed E-state index contributed by atoms with van der Waals surface area (Å²) < 4.78 is 15.7. The molecule has 0 fully saturated rings. The lowest BCUT2D eigenvalue weighted by Gasteiger charge is -2.08. The van der Waals surface area contributed by atoms with Gasteiger partial charge in [-0.25, -0.2) is 0 Å². The van der Waals surface area contributed by atoms with E-state index in [1.165, 1.54) is 0 Å². The monoisotopic (exact) mass is 340 g/mol. The van der Waals surface area contributed by atoms with E-state index in [9.17, 15) is 4.79 Å². The lowest BCUT2D eigenvalue weighted by molar-refractivity contribution is 0.0952. The second-order valence-electron chi connectivity index (χ2n) is 5.49. The van der Waals surface area contributed by atoms with Crippen molar-refractivity contribution in [3.8, 4) is 17.2 Å². The zero-order valence-electron chi connectivity index (χ0n) is 14.4. The van der Waals surface area contributed by atoms with Gasteiger partial charge in [-0.15, -0.1) is 0 Å². The second kappa shape index (κ2) is 7.17. The third-order valence-electron chi connectivity index (χ3n) is 4.04. The number of methoxy groups -OCH3 is 3. The minimum Gasteiger partial charge on any atom is -0.497 e. The predicted molar refractivity (Wildman–Crippen MR) is 95.6 cm³/mol. The van der Waals surface area contributed by atoms with Crippen LogP contribution in [0.25, 0.3) is 10.9 Å². The molecule has 2 aromatic carbocycles. The molecule has 3 rings (SSSR count). The number of aromatic amines is 1. The van der Waals surface area contributed by atoms with Gasteiger partial charge in [0.25, 0.3) is 5.91 Å². The molecule has 0 radical (unpaired) electrons. The Kier molecular flexibility index (Phi) is 4.79. The Morgan fingerprint density at radius 1 is 1.00 bits per heavy atom. The van der Waals surface area contributed by atoms with Crippen LogP contribution in [-0.4, -0.2) is 32.2 Å². The average Bonchev–Trinajstić information content (AvgIpc) is 3.08. The average molecular weight is 340 g/mol. The van der Waals surface area contributed by atoms with Gasteiger partial charge in [0.15, 0.2) is 11.5 Å². The SMILES string of the molecule is COc1ccc(CNC(=O)c2c[nH]c3cc(OC)c(OC)cc23)cc1. The van der Waals surface area contributed by atoms with Crippen LogP contribution in [0.5, 0.6) is 17.2 Å². The highest BCUT2D eigenvalue weighted by molar-refractivity contribution is 6.07. The Morgan fingerprint density at radius 2 is 1.68 bits per heavy atom. The molecule has 0 aliphatic rings. The summed E-state index contributed by atoms with van der Waals surface area (Å²) in [4.78, 5) is 15.6. The molecule has 130 valence electrons. The van der Waals surface area contributed by atoms with E-state index in [-0.39, 0.29) is 5.91 Å². The normalized spacial score (nSPS) is 10.5. The first kappa shape index (κ1) is 16.7. The first-order chi connectivity index (χ1) is 12.2. The van der Waals surface area contributed by atoms with Crippen molar-refractivity contribution in [1.29, 1.82) is 0 Å². The molecule has 1 aromatic heterocycles. The summed E-state index contributed by atoms with van der Waals surface area (Å²) in [6, 6.07) is 11.2. The van der Waals surface area contributed by atoms with Crippen molar-refractivity contribution in [1.82, 2.24) is 10.3 Å². The number of hydrogen-bond donors (Lipinski definition) is 2. The molecule has 0 unspecified atom stereocenters. The first-order valence-corrected chi connectivity index (χ1v) is 7.80. The molecule has 2 N–H and O–H groups in total. The van der Waals surface area contributed by atoms with Crippen molar-refractivity contribution in [3.05, 3.63) is 53.7 Å². The summed E-state index contributed by atoms with van der Waals surface area (Å²) >= 11 is 0. The molecule has 0 aliphatic carbocycles. The zero-order valence-corrected chi connectivity index (χ0v) is 14.4. The van der Waals surface area contributed by atoms with Crippen molar-refractivity contribution in [2.24, 2.45) is 0 Å². The largest absolute Gasteiger partial charge is 0.497 e. The van der Waals surface area contributed by atoms with E-state index in [4.69, 9.17) is 14.2 Å². The number of hydrogen-bond acceptors (Lipinski definition) is 4. The summed E-state index contributed by atoms with van der Waals surface area (Å²) in [6.45, 7) is 0.433. The van der Waals surface area contributed by atoms with Gasteiger partial charge in [-0.2, -0.15) is 0 Å². The Balaban J connectivity index is 1.79. The number of H-pyrrole nitrogens is 1. The number of ether oxygens (including phenoxy) is 3. The van der Waals surface area contributed by atoms with Crippen molar-refractivity contribution >= 4 is 16.8 Å². The lowest BCUT2D eigenvalue weighted by Crippen LogP contribution is -2.22. The fraction of sp³-hybridized carbons (Fsp3) is 0.211. The minimum absolute atomic E-state index is 0.158. The van der Waals surface area contributed by atoms with Gasteiger partial charge in [-0.3, -0.25) is 4.79 Å². The quantitative estimate of drug-likeness (QED) is 0.723. The number of rotatable bonds is 6. The molecule has 6 heteroatoms. The summed E-state index contributed by atoms with van der Waals surface area (Å²) in [5, 5.41) is 3.71. The third-order valence-corrected chi connectivity index (χ3v) is 4.04. The van der Waals surface area contributed by atoms with Crippen molar-refractivity contribution in [3.63, 3.8) is 0 Å². The lowest BCUT2D eigenvalue weighted by atomic mass is 10.1. The highest BCUT2D eigenvalue weighted by Crippen LogP contribution is 2.33. The number of carbonyl (C=O) groups is 1. The molecular formula is C19H20N2O4. The summed E-state index contributed by atoms with van der Waals surface area (Å²) in [7, 11) is 4.77. The maximum atomic E-state index is 12.5. The maximum absolute atomic E-state index is 12.5. The topological polar surface area (TPSA) is 72.6 Å². The number of benzene rings is 2. The van der Waals surface area contributed by atoms with Crippen molar-refractivity contribution in [2.75, 3.05) is 21.3 Å². The van der Waals surface area contributed by atoms with E-state index in [0.717, 1.165) is 22.2 Å². The van der Waals surface area contributed by atoms with Gasteiger partial charge in [0, 0.05) is 24.2 Å². The molecule has 0 spiro atoms. The number of fused-ring (bicyclic) bond motifs is 1. The van der Waals surface area contributed by atoms with Gasteiger partial charge in [0.2, 0.25) is 0 Å². The summed E-state index contributed by atoms with van der Waals surface area (Å²) in [6.07, 6.45) is 1.69. The number of amides is 1. The van der Waals surface area contributed by atoms with Crippen LogP contribution in [0, 0.1) is 0 Å². The van der Waals surface area contributed by atoms with Crippen molar-refractivity contribution in [2.45, 2.75) is 6.54 Å². The molecule has 25 heavy (non-hydrogen) atoms. The molecule has 0 aliphatic heterocycles. The van der Waals surface area contributed by atoms with E-state index in [2.05, 4.69) is 10.3 Å². The second-order valence-corrected chi connectivity index (χ2v) is 5.49. The van der Waals surface area contributed by atoms with Gasteiger partial charge < -0.3 is 24.5 Å². The van der Waals surface area contributed by atoms with E-state index >= 15 is 0 Å². The molecule has 1 heterocycles.